The van der Waals surface area contributed by atoms with Gasteiger partial charge >= 0.3 is 5.97 Å². The zero-order valence-electron chi connectivity index (χ0n) is 45.6. The second kappa shape index (κ2) is 57.7. The van der Waals surface area contributed by atoms with Gasteiger partial charge in [0.15, 0.2) is 0 Å². The first-order chi connectivity index (χ1) is 33.5. The molecule has 0 saturated carbocycles. The van der Waals surface area contributed by atoms with Crippen molar-refractivity contribution in [3.63, 3.8) is 0 Å². The van der Waals surface area contributed by atoms with Crippen molar-refractivity contribution in [2.24, 2.45) is 0 Å². The SMILES string of the molecule is CCCCC/C=C\C/C=C\CCCCCCCCCCCC(=O)OCCCCCCCCCCC/C=C\CCCCCCCCCC(=O)NC(CO)C(O)CCCCCCCCCCCCCC. The summed E-state index contributed by atoms with van der Waals surface area (Å²) in [6, 6.07) is -0.547. The highest BCUT2D eigenvalue weighted by Crippen LogP contribution is 2.17. The lowest BCUT2D eigenvalue weighted by atomic mass is 10.0. The Morgan fingerprint density at radius 2 is 0.735 bits per heavy atom. The van der Waals surface area contributed by atoms with Crippen molar-refractivity contribution in [1.29, 1.82) is 0 Å². The molecule has 0 spiro atoms. The van der Waals surface area contributed by atoms with Crippen LogP contribution < -0.4 is 5.32 Å². The van der Waals surface area contributed by atoms with Crippen LogP contribution in [0.4, 0.5) is 0 Å². The van der Waals surface area contributed by atoms with Crippen molar-refractivity contribution in [2.75, 3.05) is 13.2 Å². The summed E-state index contributed by atoms with van der Waals surface area (Å²) in [5.74, 6) is -0.0415. The van der Waals surface area contributed by atoms with Crippen molar-refractivity contribution >= 4 is 11.9 Å². The molecule has 0 radical (unpaired) electrons. The molecule has 0 aliphatic carbocycles. The lowest BCUT2D eigenvalue weighted by Gasteiger charge is -2.22. The molecular formula is C62H117NO5. The van der Waals surface area contributed by atoms with Gasteiger partial charge in [-0.15, -0.1) is 0 Å². The minimum absolute atomic E-state index is 0.00241. The van der Waals surface area contributed by atoms with Gasteiger partial charge in [-0.2, -0.15) is 0 Å². The molecule has 0 bridgehead atoms. The molecule has 68 heavy (non-hydrogen) atoms. The number of hydrogen-bond donors (Lipinski definition) is 3. The summed E-state index contributed by atoms with van der Waals surface area (Å²) >= 11 is 0. The standard InChI is InChI=1S/C62H117NO5/c1-3-5-7-9-11-13-15-17-18-19-22-26-29-32-36-40-44-48-52-56-62(67)68-57-53-49-45-41-37-33-30-27-24-21-20-23-25-28-31-35-39-43-47-51-55-61(66)63-59(58-64)60(65)54-50-46-42-38-34-16-14-12-10-8-6-4-2/h11,13,17-18,20,23,59-60,64-65H,3-10,12,14-16,19,21-22,24-58H2,1-2H3,(H,63,66)/b13-11-,18-17-,23-20-. The van der Waals surface area contributed by atoms with Crippen LogP contribution in [0.5, 0.6) is 0 Å². The highest BCUT2D eigenvalue weighted by atomic mass is 16.5. The van der Waals surface area contributed by atoms with E-state index in [4.69, 9.17) is 4.74 Å². The van der Waals surface area contributed by atoms with Crippen LogP contribution in [0, 0.1) is 0 Å². The van der Waals surface area contributed by atoms with E-state index in [-0.39, 0.29) is 18.5 Å². The number of allylic oxidation sites excluding steroid dienone is 6. The quantitative estimate of drug-likeness (QED) is 0.0321. The molecule has 1 amide bonds. The molecule has 0 rings (SSSR count). The number of amides is 1. The smallest absolute Gasteiger partial charge is 0.305 e. The molecule has 2 unspecified atom stereocenters. The van der Waals surface area contributed by atoms with Crippen LogP contribution >= 0.6 is 0 Å². The first kappa shape index (κ1) is 66.1. The van der Waals surface area contributed by atoms with E-state index in [1.54, 1.807) is 0 Å². The average Bonchev–Trinajstić information content (AvgIpc) is 3.34. The topological polar surface area (TPSA) is 95.9 Å². The Morgan fingerprint density at radius 3 is 1.16 bits per heavy atom. The van der Waals surface area contributed by atoms with Crippen molar-refractivity contribution in [1.82, 2.24) is 5.32 Å². The van der Waals surface area contributed by atoms with Crippen molar-refractivity contribution in [3.8, 4) is 0 Å². The largest absolute Gasteiger partial charge is 0.466 e. The monoisotopic (exact) mass is 956 g/mol. The second-order valence-electron chi connectivity index (χ2n) is 20.7. The van der Waals surface area contributed by atoms with Gasteiger partial charge in [-0.25, -0.2) is 0 Å². The Morgan fingerprint density at radius 1 is 0.412 bits per heavy atom. The number of ether oxygens (including phenoxy) is 1. The number of aliphatic hydroxyl groups excluding tert-OH is 2. The summed E-state index contributed by atoms with van der Waals surface area (Å²) in [6.45, 7) is 4.92. The van der Waals surface area contributed by atoms with Crippen LogP contribution in [0.2, 0.25) is 0 Å². The number of hydrogen-bond acceptors (Lipinski definition) is 5. The number of nitrogens with one attached hydrogen (secondary N) is 1. The van der Waals surface area contributed by atoms with E-state index < -0.39 is 12.1 Å². The summed E-state index contributed by atoms with van der Waals surface area (Å²) in [4.78, 5) is 24.5. The van der Waals surface area contributed by atoms with E-state index in [0.29, 0.717) is 25.9 Å². The van der Waals surface area contributed by atoms with E-state index in [2.05, 4.69) is 55.6 Å². The summed E-state index contributed by atoms with van der Waals surface area (Å²) in [5.41, 5.74) is 0. The Kier molecular flexibility index (Phi) is 56.0. The third kappa shape index (κ3) is 53.4. The zero-order chi connectivity index (χ0) is 49.3. The third-order valence-electron chi connectivity index (χ3n) is 13.9. The molecule has 0 fully saturated rings. The first-order valence-corrected chi connectivity index (χ1v) is 30.2. The zero-order valence-corrected chi connectivity index (χ0v) is 45.6. The van der Waals surface area contributed by atoms with Crippen LogP contribution in [-0.2, 0) is 14.3 Å². The fourth-order valence-electron chi connectivity index (χ4n) is 9.25. The van der Waals surface area contributed by atoms with E-state index in [1.165, 1.54) is 238 Å². The van der Waals surface area contributed by atoms with Crippen LogP contribution in [-0.4, -0.2) is 47.4 Å². The number of rotatable bonds is 56. The Bertz CT molecular complexity index is 1100. The summed E-state index contributed by atoms with van der Waals surface area (Å²) in [7, 11) is 0. The van der Waals surface area contributed by atoms with Crippen LogP contribution in [0.25, 0.3) is 0 Å². The van der Waals surface area contributed by atoms with Gasteiger partial charge in [-0.05, 0) is 83.5 Å². The molecule has 0 aromatic heterocycles. The maximum absolute atomic E-state index is 12.4. The van der Waals surface area contributed by atoms with E-state index in [1.807, 2.05) is 0 Å². The third-order valence-corrected chi connectivity index (χ3v) is 13.9. The maximum atomic E-state index is 12.4. The average molecular weight is 957 g/mol. The normalized spacial score (nSPS) is 12.8. The number of unbranched alkanes of at least 4 members (excludes halogenated alkanes) is 39. The highest BCUT2D eigenvalue weighted by Gasteiger charge is 2.20. The van der Waals surface area contributed by atoms with Crippen molar-refractivity contribution in [2.45, 2.75) is 334 Å². The molecule has 6 heteroatoms. The molecule has 0 aliphatic heterocycles. The van der Waals surface area contributed by atoms with Gasteiger partial charge in [0, 0.05) is 12.8 Å². The fraction of sp³-hybridized carbons (Fsp3) is 0.871. The molecule has 2 atom stereocenters. The number of carbonyl (C=O) groups excluding carboxylic acids is 2. The number of esters is 1. The molecule has 0 aromatic rings. The lowest BCUT2D eigenvalue weighted by molar-refractivity contribution is -0.143. The van der Waals surface area contributed by atoms with Gasteiger partial charge in [0.25, 0.3) is 0 Å². The van der Waals surface area contributed by atoms with E-state index in [9.17, 15) is 19.8 Å². The van der Waals surface area contributed by atoms with Gasteiger partial charge < -0.3 is 20.3 Å². The summed E-state index contributed by atoms with van der Waals surface area (Å²) in [6.07, 6.45) is 71.4. The molecule has 400 valence electrons. The molecular weight excluding hydrogens is 839 g/mol. The first-order valence-electron chi connectivity index (χ1n) is 30.2. The Labute approximate surface area is 424 Å². The second-order valence-corrected chi connectivity index (χ2v) is 20.7. The highest BCUT2D eigenvalue weighted by molar-refractivity contribution is 5.76. The van der Waals surface area contributed by atoms with Gasteiger partial charge in [-0.3, -0.25) is 9.59 Å². The van der Waals surface area contributed by atoms with Gasteiger partial charge in [0.1, 0.15) is 0 Å². The van der Waals surface area contributed by atoms with E-state index >= 15 is 0 Å². The predicted molar refractivity (Wildman–Crippen MR) is 296 cm³/mol. The molecule has 0 aliphatic rings. The van der Waals surface area contributed by atoms with Crippen molar-refractivity contribution in [3.05, 3.63) is 36.5 Å². The Balaban J connectivity index is 3.41. The lowest BCUT2D eigenvalue weighted by Crippen LogP contribution is -2.45. The minimum atomic E-state index is -0.669. The molecule has 0 heterocycles. The van der Waals surface area contributed by atoms with E-state index in [0.717, 1.165) is 51.4 Å². The molecule has 6 nitrogen and oxygen atoms in total. The predicted octanol–water partition coefficient (Wildman–Crippen LogP) is 18.8. The van der Waals surface area contributed by atoms with Gasteiger partial charge in [0.2, 0.25) is 5.91 Å². The fourth-order valence-corrected chi connectivity index (χ4v) is 9.25. The number of carbonyl (C=O) groups is 2. The van der Waals surface area contributed by atoms with Crippen LogP contribution in [0.15, 0.2) is 36.5 Å². The van der Waals surface area contributed by atoms with Crippen LogP contribution in [0.1, 0.15) is 322 Å². The van der Waals surface area contributed by atoms with Gasteiger partial charge in [0.05, 0.1) is 25.4 Å². The van der Waals surface area contributed by atoms with Crippen LogP contribution in [0.3, 0.4) is 0 Å². The number of aliphatic hydroxyl groups is 2. The minimum Gasteiger partial charge on any atom is -0.466 e. The maximum Gasteiger partial charge on any atom is 0.305 e. The molecule has 0 aromatic carbocycles. The molecule has 3 N–H and O–H groups in total. The van der Waals surface area contributed by atoms with Gasteiger partial charge in [-0.1, -0.05) is 262 Å². The molecule has 0 saturated heterocycles. The summed E-state index contributed by atoms with van der Waals surface area (Å²) < 4.78 is 5.49. The van der Waals surface area contributed by atoms with Crippen molar-refractivity contribution < 1.29 is 24.5 Å². The summed E-state index contributed by atoms with van der Waals surface area (Å²) in [5, 5.41) is 23.2. The Hall–Kier alpha value is -1.92.